The van der Waals surface area contributed by atoms with Gasteiger partial charge in [-0.15, -0.1) is 11.3 Å². The van der Waals surface area contributed by atoms with Crippen molar-refractivity contribution in [2.24, 2.45) is 5.92 Å². The monoisotopic (exact) mass is 198 g/mol. The van der Waals surface area contributed by atoms with E-state index in [1.807, 2.05) is 7.05 Å². The molecule has 0 aromatic carbocycles. The number of aromatic nitrogens is 1. The van der Waals surface area contributed by atoms with Crippen LogP contribution in [0.3, 0.4) is 0 Å². The van der Waals surface area contributed by atoms with E-state index in [9.17, 15) is 0 Å². The predicted molar refractivity (Wildman–Crippen MR) is 58.3 cm³/mol. The fourth-order valence-corrected chi connectivity index (χ4v) is 2.22. The average Bonchev–Trinajstić information content (AvgIpc) is 2.48. The highest BCUT2D eigenvalue weighted by Crippen LogP contribution is 2.15. The SMILES string of the molecule is CNCCC(C)Cc1nc(C)cs1. The number of nitrogens with one attached hydrogen (secondary N) is 1. The summed E-state index contributed by atoms with van der Waals surface area (Å²) in [6.07, 6.45) is 2.36. The van der Waals surface area contributed by atoms with E-state index in [1.54, 1.807) is 11.3 Å². The molecule has 0 bridgehead atoms. The molecule has 3 heteroatoms. The topological polar surface area (TPSA) is 24.9 Å². The highest BCUT2D eigenvalue weighted by Gasteiger charge is 2.05. The zero-order chi connectivity index (χ0) is 9.68. The molecular weight excluding hydrogens is 180 g/mol. The average molecular weight is 198 g/mol. The first-order valence-corrected chi connectivity index (χ1v) is 5.66. The number of hydrogen-bond donors (Lipinski definition) is 1. The highest BCUT2D eigenvalue weighted by atomic mass is 32.1. The maximum absolute atomic E-state index is 4.46. The number of aryl methyl sites for hydroxylation is 1. The van der Waals surface area contributed by atoms with Crippen molar-refractivity contribution in [3.8, 4) is 0 Å². The normalized spacial score (nSPS) is 13.2. The van der Waals surface area contributed by atoms with Crippen molar-refractivity contribution < 1.29 is 0 Å². The minimum atomic E-state index is 0.734. The van der Waals surface area contributed by atoms with Gasteiger partial charge < -0.3 is 5.32 Å². The van der Waals surface area contributed by atoms with Crippen LogP contribution in [0.25, 0.3) is 0 Å². The van der Waals surface area contributed by atoms with Gasteiger partial charge in [0.15, 0.2) is 0 Å². The molecular formula is C10H18N2S. The van der Waals surface area contributed by atoms with E-state index in [0.29, 0.717) is 0 Å². The Kier molecular flexibility index (Phi) is 4.39. The summed E-state index contributed by atoms with van der Waals surface area (Å²) >= 11 is 1.78. The van der Waals surface area contributed by atoms with Gasteiger partial charge in [0.1, 0.15) is 0 Å². The van der Waals surface area contributed by atoms with E-state index in [4.69, 9.17) is 0 Å². The fourth-order valence-electron chi connectivity index (χ4n) is 1.29. The molecule has 0 spiro atoms. The Bertz CT molecular complexity index is 245. The Labute approximate surface area is 84.4 Å². The van der Waals surface area contributed by atoms with Gasteiger partial charge in [-0.3, -0.25) is 0 Å². The van der Waals surface area contributed by atoms with Crippen LogP contribution >= 0.6 is 11.3 Å². The molecule has 1 unspecified atom stereocenters. The molecule has 0 amide bonds. The summed E-state index contributed by atoms with van der Waals surface area (Å²) < 4.78 is 0. The van der Waals surface area contributed by atoms with Gasteiger partial charge in [-0.2, -0.15) is 0 Å². The van der Waals surface area contributed by atoms with E-state index < -0.39 is 0 Å². The Morgan fingerprint density at radius 2 is 2.38 bits per heavy atom. The standard InChI is InChI=1S/C10H18N2S/c1-8(4-5-11-3)6-10-12-9(2)7-13-10/h7-8,11H,4-6H2,1-3H3. The van der Waals surface area contributed by atoms with Crippen molar-refractivity contribution in [3.05, 3.63) is 16.1 Å². The molecule has 1 N–H and O–H groups in total. The summed E-state index contributed by atoms with van der Waals surface area (Å²) in [5.41, 5.74) is 1.15. The van der Waals surface area contributed by atoms with Crippen molar-refractivity contribution in [1.29, 1.82) is 0 Å². The lowest BCUT2D eigenvalue weighted by atomic mass is 10.0. The van der Waals surface area contributed by atoms with E-state index in [0.717, 1.165) is 24.6 Å². The maximum atomic E-state index is 4.46. The minimum absolute atomic E-state index is 0.734. The van der Waals surface area contributed by atoms with E-state index in [1.165, 1.54) is 11.4 Å². The molecule has 0 saturated heterocycles. The third-order valence-corrected chi connectivity index (χ3v) is 3.07. The summed E-state index contributed by atoms with van der Waals surface area (Å²) in [4.78, 5) is 4.46. The Morgan fingerprint density at radius 1 is 1.62 bits per heavy atom. The molecule has 0 aliphatic rings. The van der Waals surface area contributed by atoms with Crippen LogP contribution in [0.2, 0.25) is 0 Å². The first-order chi connectivity index (χ1) is 6.22. The van der Waals surface area contributed by atoms with Crippen molar-refractivity contribution >= 4 is 11.3 Å². The molecule has 74 valence electrons. The lowest BCUT2D eigenvalue weighted by molar-refractivity contribution is 0.513. The van der Waals surface area contributed by atoms with Gasteiger partial charge in [-0.05, 0) is 32.9 Å². The smallest absolute Gasteiger partial charge is 0.0930 e. The molecule has 1 rings (SSSR count). The summed E-state index contributed by atoms with van der Waals surface area (Å²) in [6, 6.07) is 0. The highest BCUT2D eigenvalue weighted by molar-refractivity contribution is 7.09. The van der Waals surface area contributed by atoms with Crippen LogP contribution in [0.1, 0.15) is 24.0 Å². The molecule has 1 heterocycles. The summed E-state index contributed by atoms with van der Waals surface area (Å²) in [7, 11) is 2.00. The van der Waals surface area contributed by atoms with Gasteiger partial charge in [-0.1, -0.05) is 6.92 Å². The Morgan fingerprint density at radius 3 is 2.92 bits per heavy atom. The van der Waals surface area contributed by atoms with Crippen molar-refractivity contribution in [1.82, 2.24) is 10.3 Å². The van der Waals surface area contributed by atoms with Crippen LogP contribution in [-0.4, -0.2) is 18.6 Å². The van der Waals surface area contributed by atoms with Crippen molar-refractivity contribution in [3.63, 3.8) is 0 Å². The van der Waals surface area contributed by atoms with Crippen LogP contribution in [0.5, 0.6) is 0 Å². The van der Waals surface area contributed by atoms with E-state index >= 15 is 0 Å². The number of hydrogen-bond acceptors (Lipinski definition) is 3. The quantitative estimate of drug-likeness (QED) is 0.785. The Balaban J connectivity index is 2.31. The van der Waals surface area contributed by atoms with Gasteiger partial charge in [0.05, 0.1) is 5.01 Å². The van der Waals surface area contributed by atoms with Gasteiger partial charge in [0.2, 0.25) is 0 Å². The summed E-state index contributed by atoms with van der Waals surface area (Å²) in [6.45, 7) is 5.44. The van der Waals surface area contributed by atoms with Crippen LogP contribution < -0.4 is 5.32 Å². The van der Waals surface area contributed by atoms with Crippen LogP contribution in [0.4, 0.5) is 0 Å². The predicted octanol–water partition coefficient (Wildman–Crippen LogP) is 2.24. The first kappa shape index (κ1) is 10.7. The molecule has 0 aliphatic carbocycles. The van der Waals surface area contributed by atoms with Crippen LogP contribution in [-0.2, 0) is 6.42 Å². The minimum Gasteiger partial charge on any atom is -0.320 e. The molecule has 0 saturated carbocycles. The van der Waals surface area contributed by atoms with Crippen LogP contribution in [0, 0.1) is 12.8 Å². The fraction of sp³-hybridized carbons (Fsp3) is 0.700. The summed E-state index contributed by atoms with van der Waals surface area (Å²) in [5.74, 6) is 0.734. The van der Waals surface area contributed by atoms with Crippen molar-refractivity contribution in [2.75, 3.05) is 13.6 Å². The maximum Gasteiger partial charge on any atom is 0.0930 e. The molecule has 0 aliphatic heterocycles. The third-order valence-electron chi connectivity index (χ3n) is 2.08. The van der Waals surface area contributed by atoms with Crippen LogP contribution in [0.15, 0.2) is 5.38 Å². The second-order valence-corrected chi connectivity index (χ2v) is 4.53. The van der Waals surface area contributed by atoms with Gasteiger partial charge in [0, 0.05) is 17.5 Å². The first-order valence-electron chi connectivity index (χ1n) is 4.78. The molecule has 1 aromatic heterocycles. The number of rotatable bonds is 5. The largest absolute Gasteiger partial charge is 0.320 e. The number of thiazole rings is 1. The van der Waals surface area contributed by atoms with E-state index in [-0.39, 0.29) is 0 Å². The van der Waals surface area contributed by atoms with Crippen molar-refractivity contribution in [2.45, 2.75) is 26.7 Å². The van der Waals surface area contributed by atoms with Gasteiger partial charge in [0.25, 0.3) is 0 Å². The molecule has 0 radical (unpaired) electrons. The number of nitrogens with zero attached hydrogens (tertiary/aromatic N) is 1. The molecule has 13 heavy (non-hydrogen) atoms. The zero-order valence-electron chi connectivity index (χ0n) is 8.63. The second kappa shape index (κ2) is 5.35. The lowest BCUT2D eigenvalue weighted by Crippen LogP contribution is -2.12. The molecule has 1 atom stereocenters. The third kappa shape index (κ3) is 3.87. The molecule has 0 fully saturated rings. The lowest BCUT2D eigenvalue weighted by Gasteiger charge is -2.07. The molecule has 1 aromatic rings. The Hall–Kier alpha value is -0.410. The second-order valence-electron chi connectivity index (χ2n) is 3.58. The zero-order valence-corrected chi connectivity index (χ0v) is 9.45. The summed E-state index contributed by atoms with van der Waals surface area (Å²) in [5, 5.41) is 6.58. The van der Waals surface area contributed by atoms with Gasteiger partial charge in [-0.25, -0.2) is 4.98 Å². The van der Waals surface area contributed by atoms with Gasteiger partial charge >= 0.3 is 0 Å². The molecule has 2 nitrogen and oxygen atoms in total. The van der Waals surface area contributed by atoms with E-state index in [2.05, 4.69) is 29.5 Å².